The summed E-state index contributed by atoms with van der Waals surface area (Å²) in [5.41, 5.74) is 2.09. The van der Waals surface area contributed by atoms with Gasteiger partial charge >= 0.3 is 5.97 Å². The predicted octanol–water partition coefficient (Wildman–Crippen LogP) is 4.87. The van der Waals surface area contributed by atoms with E-state index in [1.165, 1.54) is 11.3 Å². The lowest BCUT2D eigenvalue weighted by atomic mass is 10.2. The summed E-state index contributed by atoms with van der Waals surface area (Å²) < 4.78 is 5.14. The van der Waals surface area contributed by atoms with Gasteiger partial charge < -0.3 is 14.9 Å². The van der Waals surface area contributed by atoms with Crippen LogP contribution in [0.5, 0.6) is 0 Å². The number of para-hydroxylation sites is 1. The highest BCUT2D eigenvalue weighted by molar-refractivity contribution is 7.08. The van der Waals surface area contributed by atoms with Gasteiger partial charge in [-0.1, -0.05) is 29.3 Å². The van der Waals surface area contributed by atoms with Crippen molar-refractivity contribution >= 4 is 51.9 Å². The fraction of sp³-hybridized carbons (Fsp3) is 0.312. The summed E-state index contributed by atoms with van der Waals surface area (Å²) in [6.45, 7) is 0.172. The van der Waals surface area contributed by atoms with E-state index in [9.17, 15) is 14.9 Å². The van der Waals surface area contributed by atoms with Crippen molar-refractivity contribution in [1.29, 1.82) is 0 Å². The van der Waals surface area contributed by atoms with E-state index in [-0.39, 0.29) is 25.6 Å². The molecule has 1 heterocycles. The molecule has 0 spiro atoms. The molecule has 0 atom stereocenters. The Morgan fingerprint density at radius 3 is 2.58 bits per heavy atom. The van der Waals surface area contributed by atoms with Gasteiger partial charge in [0.25, 0.3) is 5.09 Å². The zero-order valence-electron chi connectivity index (χ0n) is 13.6. The zero-order valence-corrected chi connectivity index (χ0v) is 15.9. The molecule has 0 aliphatic heterocycles. The third-order valence-corrected chi connectivity index (χ3v) is 4.72. The normalized spacial score (nSPS) is 10.4. The van der Waals surface area contributed by atoms with Crippen LogP contribution in [-0.4, -0.2) is 24.3 Å². The molecule has 10 heteroatoms. The second-order valence-corrected chi connectivity index (χ2v) is 6.75. The molecule has 0 fully saturated rings. The van der Waals surface area contributed by atoms with E-state index < -0.39 is 5.09 Å². The number of carbonyl (C=O) groups excluding carboxylic acids is 1. The fourth-order valence-electron chi connectivity index (χ4n) is 2.06. The first kappa shape index (κ1) is 20.3. The van der Waals surface area contributed by atoms with E-state index in [4.69, 9.17) is 27.9 Å². The number of hydrogen-bond acceptors (Lipinski definition) is 7. The van der Waals surface area contributed by atoms with E-state index >= 15 is 0 Å². The molecule has 26 heavy (non-hydrogen) atoms. The molecule has 0 amide bonds. The number of ether oxygens (including phenoxy) is 1. The fourth-order valence-corrected chi connectivity index (χ4v) is 3.34. The van der Waals surface area contributed by atoms with Gasteiger partial charge in [-0.2, -0.15) is 0 Å². The second-order valence-electron chi connectivity index (χ2n) is 5.19. The molecule has 0 saturated carbocycles. The summed E-state index contributed by atoms with van der Waals surface area (Å²) >= 11 is 13.7. The highest BCUT2D eigenvalue weighted by Gasteiger charge is 2.13. The number of thiophene rings is 1. The van der Waals surface area contributed by atoms with Crippen LogP contribution in [-0.2, 0) is 20.8 Å². The van der Waals surface area contributed by atoms with Crippen molar-refractivity contribution in [2.45, 2.75) is 19.3 Å². The van der Waals surface area contributed by atoms with E-state index in [2.05, 4.69) is 10.2 Å². The van der Waals surface area contributed by atoms with Crippen molar-refractivity contribution < 1.29 is 19.5 Å². The lowest BCUT2D eigenvalue weighted by Gasteiger charge is -2.11. The Morgan fingerprint density at radius 2 is 1.88 bits per heavy atom. The number of anilines is 2. The van der Waals surface area contributed by atoms with Crippen LogP contribution < -0.4 is 5.32 Å². The van der Waals surface area contributed by atoms with E-state index in [0.29, 0.717) is 28.6 Å². The summed E-state index contributed by atoms with van der Waals surface area (Å²) in [5.74, 6) is -0.382. The topological polar surface area (TPSA) is 90.7 Å². The summed E-state index contributed by atoms with van der Waals surface area (Å²) in [7, 11) is 0. The lowest BCUT2D eigenvalue weighted by molar-refractivity contribution is -0.757. The zero-order chi connectivity index (χ0) is 18.9. The largest absolute Gasteiger partial charge is 0.465 e. The number of carbonyl (C=O) groups is 1. The maximum absolute atomic E-state index is 12.0. The SMILES string of the molecule is O=C(Cc1cscc1Nc1c(Cl)cccc1Cl)OCCCCO[N+](=O)[O-]. The molecule has 1 aromatic heterocycles. The Bertz CT molecular complexity index is 749. The Hall–Kier alpha value is -2.03. The van der Waals surface area contributed by atoms with Crippen molar-refractivity contribution in [2.24, 2.45) is 0 Å². The molecule has 0 radical (unpaired) electrons. The van der Waals surface area contributed by atoms with Gasteiger partial charge in [0.2, 0.25) is 0 Å². The summed E-state index contributed by atoms with van der Waals surface area (Å²) in [6, 6.07) is 5.19. The number of rotatable bonds is 10. The Balaban J connectivity index is 1.83. The van der Waals surface area contributed by atoms with Crippen molar-refractivity contribution in [3.8, 4) is 0 Å². The molecule has 0 aliphatic carbocycles. The third kappa shape index (κ3) is 6.36. The van der Waals surface area contributed by atoms with Crippen LogP contribution in [0.2, 0.25) is 10.0 Å². The molecule has 2 aromatic rings. The van der Waals surface area contributed by atoms with Gasteiger partial charge in [0, 0.05) is 5.38 Å². The number of nitrogens with zero attached hydrogens (tertiary/aromatic N) is 1. The number of halogens is 2. The van der Waals surface area contributed by atoms with Gasteiger partial charge in [-0.15, -0.1) is 21.5 Å². The van der Waals surface area contributed by atoms with Crippen LogP contribution in [0.15, 0.2) is 29.0 Å². The van der Waals surface area contributed by atoms with E-state index in [1.807, 2.05) is 10.8 Å². The Labute approximate surface area is 163 Å². The first-order chi connectivity index (χ1) is 12.5. The van der Waals surface area contributed by atoms with Gasteiger partial charge in [-0.3, -0.25) is 4.79 Å². The average molecular weight is 419 g/mol. The predicted molar refractivity (Wildman–Crippen MR) is 101 cm³/mol. The van der Waals surface area contributed by atoms with Crippen molar-refractivity contribution in [3.05, 3.63) is 54.7 Å². The van der Waals surface area contributed by atoms with Gasteiger partial charge in [-0.05, 0) is 35.9 Å². The molecule has 0 saturated heterocycles. The highest BCUT2D eigenvalue weighted by Crippen LogP contribution is 2.34. The van der Waals surface area contributed by atoms with Crippen LogP contribution in [0.25, 0.3) is 0 Å². The second kappa shape index (κ2) is 10.2. The maximum atomic E-state index is 12.0. The molecule has 2 rings (SSSR count). The lowest BCUT2D eigenvalue weighted by Crippen LogP contribution is -2.10. The van der Waals surface area contributed by atoms with Crippen LogP contribution in [0.1, 0.15) is 18.4 Å². The minimum absolute atomic E-state index is 0.0122. The quantitative estimate of drug-likeness (QED) is 0.256. The minimum atomic E-state index is -0.845. The van der Waals surface area contributed by atoms with Crippen LogP contribution in [0.4, 0.5) is 11.4 Å². The smallest absolute Gasteiger partial charge is 0.310 e. The highest BCUT2D eigenvalue weighted by atomic mass is 35.5. The number of benzene rings is 1. The van der Waals surface area contributed by atoms with Crippen molar-refractivity contribution in [3.63, 3.8) is 0 Å². The first-order valence-electron chi connectivity index (χ1n) is 7.66. The number of unbranched alkanes of at least 4 members (excludes halogenated alkanes) is 1. The van der Waals surface area contributed by atoms with Crippen molar-refractivity contribution in [1.82, 2.24) is 0 Å². The molecular weight excluding hydrogens is 403 g/mol. The number of esters is 1. The third-order valence-electron chi connectivity index (χ3n) is 3.30. The summed E-state index contributed by atoms with van der Waals surface area (Å²) in [4.78, 5) is 26.1. The van der Waals surface area contributed by atoms with Crippen LogP contribution in [0.3, 0.4) is 0 Å². The van der Waals surface area contributed by atoms with Gasteiger partial charge in [0.1, 0.15) is 0 Å². The monoisotopic (exact) mass is 418 g/mol. The van der Waals surface area contributed by atoms with Gasteiger partial charge in [0.15, 0.2) is 0 Å². The molecule has 0 bridgehead atoms. The standard InChI is InChI=1S/C16H16Cl2N2O5S/c17-12-4-3-5-13(18)16(12)19-14-10-26-9-11(14)8-15(21)24-6-1-2-7-25-20(22)23/h3-5,9-10,19H,1-2,6-8H2. The van der Waals surface area contributed by atoms with E-state index in [0.717, 1.165) is 11.3 Å². The maximum Gasteiger partial charge on any atom is 0.310 e. The van der Waals surface area contributed by atoms with E-state index in [1.54, 1.807) is 18.2 Å². The van der Waals surface area contributed by atoms with Crippen LogP contribution in [0, 0.1) is 10.1 Å². The average Bonchev–Trinajstić information content (AvgIpc) is 3.01. The molecule has 7 nitrogen and oxygen atoms in total. The Kier molecular flexibility index (Phi) is 7.96. The number of hydrogen-bond donors (Lipinski definition) is 1. The molecule has 1 N–H and O–H groups in total. The molecule has 0 aliphatic rings. The molecule has 1 aromatic carbocycles. The minimum Gasteiger partial charge on any atom is -0.465 e. The van der Waals surface area contributed by atoms with Crippen LogP contribution >= 0.6 is 34.5 Å². The van der Waals surface area contributed by atoms with Gasteiger partial charge in [0.05, 0.1) is 41.1 Å². The van der Waals surface area contributed by atoms with Gasteiger partial charge in [-0.25, -0.2) is 0 Å². The summed E-state index contributed by atoms with van der Waals surface area (Å²) in [5, 5.41) is 17.0. The number of nitrogens with one attached hydrogen (secondary N) is 1. The molecule has 140 valence electrons. The summed E-state index contributed by atoms with van der Waals surface area (Å²) in [6.07, 6.45) is 1.02. The first-order valence-corrected chi connectivity index (χ1v) is 9.36. The molecular formula is C16H16Cl2N2O5S. The molecule has 0 unspecified atom stereocenters. The Morgan fingerprint density at radius 1 is 1.19 bits per heavy atom. The van der Waals surface area contributed by atoms with Crippen molar-refractivity contribution in [2.75, 3.05) is 18.5 Å².